The molecular weight excluding hydrogens is 214 g/mol. The molecule has 0 aromatic heterocycles. The zero-order chi connectivity index (χ0) is 9.78. The van der Waals surface area contributed by atoms with Gasteiger partial charge >= 0.3 is 0 Å². The normalized spacial score (nSPS) is 11.8. The second-order valence-electron chi connectivity index (χ2n) is 2.99. The quantitative estimate of drug-likeness (QED) is 0.686. The Labute approximate surface area is 86.7 Å². The average Bonchev–Trinajstić information content (AvgIpc) is 1.85. The zero-order valence-corrected chi connectivity index (χ0v) is 10.1. The van der Waals surface area contributed by atoms with Crippen molar-refractivity contribution in [2.75, 3.05) is 41.3 Å². The molecule has 0 heterocycles. The van der Waals surface area contributed by atoms with Crippen LogP contribution in [0.2, 0.25) is 0 Å². The minimum absolute atomic E-state index is 0. The minimum atomic E-state index is -3.24. The van der Waals surface area contributed by atoms with Gasteiger partial charge in [-0.15, -0.1) is 12.4 Å². The van der Waals surface area contributed by atoms with Crippen molar-refractivity contribution < 1.29 is 8.42 Å². The van der Waals surface area contributed by atoms with E-state index in [0.29, 0.717) is 13.1 Å². The molecule has 0 spiro atoms. The third-order valence-corrected chi connectivity index (χ3v) is 2.85. The highest BCUT2D eigenvalue weighted by atomic mass is 35.5. The van der Waals surface area contributed by atoms with Crippen molar-refractivity contribution in [3.05, 3.63) is 0 Å². The molecule has 1 N–H and O–H groups in total. The van der Waals surface area contributed by atoms with E-state index in [-0.39, 0.29) is 12.4 Å². The first kappa shape index (κ1) is 15.6. The van der Waals surface area contributed by atoms with Gasteiger partial charge in [0.25, 0.3) is 10.2 Å². The van der Waals surface area contributed by atoms with E-state index in [1.54, 1.807) is 0 Å². The van der Waals surface area contributed by atoms with E-state index in [1.165, 1.54) is 14.1 Å². The van der Waals surface area contributed by atoms with Crippen LogP contribution in [-0.4, -0.2) is 58.9 Å². The summed E-state index contributed by atoms with van der Waals surface area (Å²) in [6.07, 6.45) is 0. The lowest BCUT2D eigenvalue weighted by Gasteiger charge is -2.14. The molecule has 0 aliphatic carbocycles. The van der Waals surface area contributed by atoms with Gasteiger partial charge in [0.2, 0.25) is 0 Å². The zero-order valence-electron chi connectivity index (χ0n) is 8.44. The average molecular weight is 232 g/mol. The maximum Gasteiger partial charge on any atom is 0.278 e. The van der Waals surface area contributed by atoms with E-state index >= 15 is 0 Å². The molecule has 0 fully saturated rings. The van der Waals surface area contributed by atoms with E-state index in [9.17, 15) is 8.42 Å². The van der Waals surface area contributed by atoms with Crippen molar-refractivity contribution >= 4 is 22.6 Å². The maximum absolute atomic E-state index is 11.1. The van der Waals surface area contributed by atoms with Gasteiger partial charge in [-0.2, -0.15) is 12.7 Å². The van der Waals surface area contributed by atoms with Gasteiger partial charge in [0.15, 0.2) is 0 Å². The smallest absolute Gasteiger partial charge is 0.278 e. The molecule has 82 valence electrons. The molecule has 0 aromatic carbocycles. The van der Waals surface area contributed by atoms with Crippen LogP contribution in [0.15, 0.2) is 0 Å². The van der Waals surface area contributed by atoms with Crippen molar-refractivity contribution in [1.82, 2.24) is 13.9 Å². The molecule has 13 heavy (non-hydrogen) atoms. The summed E-state index contributed by atoms with van der Waals surface area (Å²) in [4.78, 5) is 1.91. The number of likely N-dealkylation sites (N-methyl/N-ethyl adjacent to an activating group) is 1. The van der Waals surface area contributed by atoms with Gasteiger partial charge in [0.1, 0.15) is 0 Å². The summed E-state index contributed by atoms with van der Waals surface area (Å²) in [5, 5.41) is 0. The summed E-state index contributed by atoms with van der Waals surface area (Å²) in [7, 11) is 3.54. The molecule has 5 nitrogen and oxygen atoms in total. The van der Waals surface area contributed by atoms with Crippen LogP contribution in [0, 0.1) is 0 Å². The lowest BCUT2D eigenvalue weighted by Crippen LogP contribution is -2.38. The Morgan fingerprint density at radius 1 is 1.15 bits per heavy atom. The number of rotatable bonds is 5. The van der Waals surface area contributed by atoms with Gasteiger partial charge < -0.3 is 4.90 Å². The van der Waals surface area contributed by atoms with Gasteiger partial charge in [0.05, 0.1) is 0 Å². The summed E-state index contributed by atoms with van der Waals surface area (Å²) < 4.78 is 25.8. The fourth-order valence-electron chi connectivity index (χ4n) is 0.527. The van der Waals surface area contributed by atoms with E-state index < -0.39 is 10.2 Å². The molecule has 0 saturated carbocycles. The third-order valence-electron chi connectivity index (χ3n) is 1.32. The molecule has 0 unspecified atom stereocenters. The minimum Gasteiger partial charge on any atom is -0.308 e. The highest BCUT2D eigenvalue weighted by Gasteiger charge is 2.10. The lowest BCUT2D eigenvalue weighted by atomic mass is 10.6. The van der Waals surface area contributed by atoms with Gasteiger partial charge in [-0.3, -0.25) is 0 Å². The fraction of sp³-hybridized carbons (Fsp3) is 1.00. The highest BCUT2D eigenvalue weighted by molar-refractivity contribution is 7.87. The van der Waals surface area contributed by atoms with Gasteiger partial charge in [-0.05, 0) is 14.1 Å². The molecular formula is C6H18ClN3O2S. The Hall–Kier alpha value is 0.120. The number of nitrogens with zero attached hydrogens (tertiary/aromatic N) is 2. The summed E-state index contributed by atoms with van der Waals surface area (Å²) in [6, 6.07) is 0. The number of hydrogen-bond acceptors (Lipinski definition) is 3. The third kappa shape index (κ3) is 7.21. The molecule has 0 aliphatic heterocycles. The second kappa shape index (κ2) is 6.56. The van der Waals surface area contributed by atoms with Crippen molar-refractivity contribution in [1.29, 1.82) is 0 Å². The fourth-order valence-corrected chi connectivity index (χ4v) is 1.13. The summed E-state index contributed by atoms with van der Waals surface area (Å²) in [5.41, 5.74) is 0. The van der Waals surface area contributed by atoms with Crippen LogP contribution in [0.5, 0.6) is 0 Å². The Morgan fingerprint density at radius 2 is 1.62 bits per heavy atom. The summed E-state index contributed by atoms with van der Waals surface area (Å²) in [6.45, 7) is 1.14. The standard InChI is InChI=1S/C6H17N3O2S.ClH/c1-8(2)6-5-7-12(10,11)9(3)4;/h7H,5-6H2,1-4H3;1H. The number of hydrogen-bond donors (Lipinski definition) is 1. The summed E-state index contributed by atoms with van der Waals surface area (Å²) >= 11 is 0. The van der Waals surface area contributed by atoms with Crippen molar-refractivity contribution in [3.8, 4) is 0 Å². The number of nitrogens with one attached hydrogen (secondary N) is 1. The van der Waals surface area contributed by atoms with Gasteiger partial charge in [-0.25, -0.2) is 4.72 Å². The first-order chi connectivity index (χ1) is 5.36. The van der Waals surface area contributed by atoms with Crippen LogP contribution in [0.4, 0.5) is 0 Å². The largest absolute Gasteiger partial charge is 0.308 e. The van der Waals surface area contributed by atoms with Crippen LogP contribution < -0.4 is 4.72 Å². The lowest BCUT2D eigenvalue weighted by molar-refractivity contribution is 0.408. The first-order valence-corrected chi connectivity index (χ1v) is 5.12. The molecule has 0 rings (SSSR count). The molecule has 0 radical (unpaired) electrons. The maximum atomic E-state index is 11.1. The topological polar surface area (TPSA) is 52.7 Å². The van der Waals surface area contributed by atoms with Crippen LogP contribution in [-0.2, 0) is 10.2 Å². The predicted octanol–water partition coefficient (Wildman–Crippen LogP) is -0.634. The van der Waals surface area contributed by atoms with E-state index in [4.69, 9.17) is 0 Å². The number of halogens is 1. The van der Waals surface area contributed by atoms with Crippen LogP contribution >= 0.6 is 12.4 Å². The Balaban J connectivity index is 0. The SMILES string of the molecule is CN(C)CCNS(=O)(=O)N(C)C.Cl. The summed E-state index contributed by atoms with van der Waals surface area (Å²) in [5.74, 6) is 0. The van der Waals surface area contributed by atoms with Gasteiger partial charge in [-0.1, -0.05) is 0 Å². The predicted molar refractivity (Wildman–Crippen MR) is 56.4 cm³/mol. The molecule has 0 amide bonds. The van der Waals surface area contributed by atoms with E-state index in [2.05, 4.69) is 4.72 Å². The van der Waals surface area contributed by atoms with Crippen molar-refractivity contribution in [3.63, 3.8) is 0 Å². The van der Waals surface area contributed by atoms with E-state index in [0.717, 1.165) is 4.31 Å². The van der Waals surface area contributed by atoms with Crippen LogP contribution in [0.1, 0.15) is 0 Å². The molecule has 0 atom stereocenters. The molecule has 0 aromatic rings. The Kier molecular flexibility index (Phi) is 7.86. The second-order valence-corrected chi connectivity index (χ2v) is 4.95. The van der Waals surface area contributed by atoms with Crippen molar-refractivity contribution in [2.24, 2.45) is 0 Å². The van der Waals surface area contributed by atoms with Crippen molar-refractivity contribution in [2.45, 2.75) is 0 Å². The van der Waals surface area contributed by atoms with E-state index in [1.807, 2.05) is 19.0 Å². The van der Waals surface area contributed by atoms with Crippen LogP contribution in [0.25, 0.3) is 0 Å². The molecule has 0 bridgehead atoms. The van der Waals surface area contributed by atoms with Gasteiger partial charge in [0, 0.05) is 27.2 Å². The molecule has 7 heteroatoms. The monoisotopic (exact) mass is 231 g/mol. The Bertz CT molecular complexity index is 216. The molecule has 0 saturated heterocycles. The first-order valence-electron chi connectivity index (χ1n) is 3.68. The van der Waals surface area contributed by atoms with Crippen LogP contribution in [0.3, 0.4) is 0 Å². The Morgan fingerprint density at radius 3 is 1.92 bits per heavy atom. The highest BCUT2D eigenvalue weighted by Crippen LogP contribution is 1.86. The molecule has 0 aliphatic rings.